The van der Waals surface area contributed by atoms with Gasteiger partial charge in [0, 0.05) is 48.0 Å². The molecule has 2 fully saturated rings. The van der Waals surface area contributed by atoms with E-state index in [2.05, 4.69) is 30.4 Å². The highest BCUT2D eigenvalue weighted by Crippen LogP contribution is 2.59. The number of carbonyl (C=O) groups is 1. The third kappa shape index (κ3) is 6.37. The normalized spacial score (nSPS) is 22.7. The number of hydrogen-bond donors (Lipinski definition) is 2. The molecule has 1 amide bonds. The Morgan fingerprint density at radius 3 is 2.62 bits per heavy atom. The Balaban J connectivity index is 1.12. The third-order valence-electron chi connectivity index (χ3n) is 11.1. The molecule has 1 saturated carbocycles. The summed E-state index contributed by atoms with van der Waals surface area (Å²) >= 11 is 0. The van der Waals surface area contributed by atoms with Crippen LogP contribution in [0.15, 0.2) is 55.0 Å². The monoisotopic (exact) mass is 640 g/mol. The summed E-state index contributed by atoms with van der Waals surface area (Å²) in [4.78, 5) is 25.4. The summed E-state index contributed by atoms with van der Waals surface area (Å²) < 4.78 is 31.1. The molecule has 3 atom stereocenters. The molecule has 0 radical (unpaired) electrons. The number of benzene rings is 1. The molecule has 3 aliphatic rings. The van der Waals surface area contributed by atoms with Crippen LogP contribution in [0.1, 0.15) is 79.2 Å². The highest BCUT2D eigenvalue weighted by atomic mass is 19.1. The smallest absolute Gasteiger partial charge is 0.251 e. The molecule has 47 heavy (non-hydrogen) atoms. The molecule has 4 aromatic rings. The number of piperidine rings is 1. The van der Waals surface area contributed by atoms with Crippen molar-refractivity contribution in [3.8, 4) is 11.3 Å². The van der Waals surface area contributed by atoms with Crippen molar-refractivity contribution in [3.05, 3.63) is 83.2 Å². The second-order valence-electron chi connectivity index (χ2n) is 14.2. The topological polar surface area (TPSA) is 104 Å². The number of rotatable bonds is 9. The number of aryl methyl sites for hydroxylation is 1. The van der Waals surface area contributed by atoms with E-state index in [1.54, 1.807) is 24.7 Å². The standard InChI is InChI=1S/C37H42F2N6O2/c1-23(2)37(39)8-5-32-28(18-37)16-26-15-27(17-30(38)34(26)43-32)35(47)44-33(7-12-45-13-9-36(10-14-45)19-29(36)22-46)24-3-4-31(40-20-24)25-6-11-41-42-21-25/h3-4,6,11,15-17,20-21,23,29,33,46H,5,7-10,12-14,18-19,22H2,1-2H3,(H,44,47)/t29?,33-,37+/m1/s1. The summed E-state index contributed by atoms with van der Waals surface area (Å²) in [5, 5.41) is 21.1. The van der Waals surface area contributed by atoms with Crippen molar-refractivity contribution in [1.29, 1.82) is 0 Å². The Labute approximate surface area is 274 Å². The van der Waals surface area contributed by atoms with Gasteiger partial charge in [-0.05, 0) is 110 Å². The van der Waals surface area contributed by atoms with Gasteiger partial charge in [-0.3, -0.25) is 9.78 Å². The predicted octanol–water partition coefficient (Wildman–Crippen LogP) is 6.03. The lowest BCUT2D eigenvalue weighted by Crippen LogP contribution is -2.38. The summed E-state index contributed by atoms with van der Waals surface area (Å²) in [6.45, 7) is 6.76. The average Bonchev–Trinajstić information content (AvgIpc) is 3.78. The van der Waals surface area contributed by atoms with E-state index in [0.717, 1.165) is 67.0 Å². The van der Waals surface area contributed by atoms with E-state index in [9.17, 15) is 9.90 Å². The fourth-order valence-electron chi connectivity index (χ4n) is 7.67. The Morgan fingerprint density at radius 1 is 1.11 bits per heavy atom. The van der Waals surface area contributed by atoms with E-state index in [1.165, 1.54) is 6.07 Å². The molecule has 10 heteroatoms. The highest BCUT2D eigenvalue weighted by Gasteiger charge is 2.54. The number of alkyl halides is 1. The van der Waals surface area contributed by atoms with Crippen LogP contribution in [0.4, 0.5) is 8.78 Å². The molecule has 3 aromatic heterocycles. The van der Waals surface area contributed by atoms with Crippen LogP contribution < -0.4 is 5.32 Å². The van der Waals surface area contributed by atoms with Gasteiger partial charge in [-0.25, -0.2) is 13.8 Å². The van der Waals surface area contributed by atoms with Crippen molar-refractivity contribution in [3.63, 3.8) is 0 Å². The highest BCUT2D eigenvalue weighted by molar-refractivity contribution is 5.98. The maximum absolute atomic E-state index is 15.6. The molecule has 2 aliphatic carbocycles. The van der Waals surface area contributed by atoms with Crippen molar-refractivity contribution in [1.82, 2.24) is 30.4 Å². The molecule has 7 rings (SSSR count). The first-order chi connectivity index (χ1) is 22.7. The van der Waals surface area contributed by atoms with Crippen molar-refractivity contribution < 1.29 is 18.7 Å². The molecular weight excluding hydrogens is 598 g/mol. The number of nitrogens with zero attached hydrogens (tertiary/aromatic N) is 5. The lowest BCUT2D eigenvalue weighted by Gasteiger charge is -2.34. The number of carbonyl (C=O) groups excluding carboxylic acids is 1. The first kappa shape index (κ1) is 31.7. The fourth-order valence-corrected chi connectivity index (χ4v) is 7.67. The minimum absolute atomic E-state index is 0.140. The van der Waals surface area contributed by atoms with Gasteiger partial charge in [0.15, 0.2) is 0 Å². The second-order valence-corrected chi connectivity index (χ2v) is 14.2. The number of halogens is 2. The van der Waals surface area contributed by atoms with Gasteiger partial charge in [-0.15, -0.1) is 0 Å². The van der Waals surface area contributed by atoms with Gasteiger partial charge in [0.25, 0.3) is 5.91 Å². The summed E-state index contributed by atoms with van der Waals surface area (Å²) in [5.74, 6) is -0.651. The molecule has 1 saturated heterocycles. The molecule has 1 unspecified atom stereocenters. The van der Waals surface area contributed by atoms with E-state index >= 15 is 8.78 Å². The van der Waals surface area contributed by atoms with Crippen molar-refractivity contribution in [2.45, 2.75) is 70.5 Å². The van der Waals surface area contributed by atoms with E-state index < -0.39 is 11.5 Å². The number of fused-ring (bicyclic) bond motifs is 2. The molecular formula is C37H42F2N6O2. The van der Waals surface area contributed by atoms with E-state index in [0.29, 0.717) is 36.0 Å². The quantitative estimate of drug-likeness (QED) is 0.230. The predicted molar refractivity (Wildman–Crippen MR) is 176 cm³/mol. The van der Waals surface area contributed by atoms with Gasteiger partial charge >= 0.3 is 0 Å². The van der Waals surface area contributed by atoms with Crippen molar-refractivity contribution in [2.75, 3.05) is 26.2 Å². The largest absolute Gasteiger partial charge is 0.396 e. The first-order valence-electron chi connectivity index (χ1n) is 16.8. The second kappa shape index (κ2) is 12.6. The van der Waals surface area contributed by atoms with Crippen LogP contribution in [0.5, 0.6) is 0 Å². The summed E-state index contributed by atoms with van der Waals surface area (Å²) in [6, 6.07) is 10.1. The molecule has 4 heterocycles. The number of likely N-dealkylation sites (tertiary alicyclic amines) is 1. The zero-order valence-electron chi connectivity index (χ0n) is 27.1. The maximum atomic E-state index is 15.6. The minimum Gasteiger partial charge on any atom is -0.396 e. The number of aromatic nitrogens is 4. The van der Waals surface area contributed by atoms with Gasteiger partial charge in [0.05, 0.1) is 24.1 Å². The van der Waals surface area contributed by atoms with Crippen LogP contribution in [0.3, 0.4) is 0 Å². The van der Waals surface area contributed by atoms with Gasteiger partial charge in [0.2, 0.25) is 0 Å². The Hall–Kier alpha value is -3.89. The lowest BCUT2D eigenvalue weighted by molar-refractivity contribution is 0.0821. The number of aliphatic hydroxyl groups excluding tert-OH is 1. The molecule has 1 aromatic carbocycles. The van der Waals surface area contributed by atoms with Crippen molar-refractivity contribution in [2.24, 2.45) is 17.3 Å². The summed E-state index contributed by atoms with van der Waals surface area (Å²) in [7, 11) is 0. The number of pyridine rings is 2. The Morgan fingerprint density at radius 2 is 1.94 bits per heavy atom. The lowest BCUT2D eigenvalue weighted by atomic mass is 9.77. The number of aliphatic hydroxyl groups is 1. The minimum atomic E-state index is -1.32. The SMILES string of the molecule is CC(C)[C@]1(F)CCc2nc3c(F)cc(C(=O)N[C@H](CCN4CCC5(CC4)CC5CO)c4ccc(-c5ccnnc5)nc4)cc3cc2C1. The van der Waals surface area contributed by atoms with Gasteiger partial charge in [-0.1, -0.05) is 19.9 Å². The van der Waals surface area contributed by atoms with Crippen LogP contribution in [0.25, 0.3) is 22.2 Å². The maximum Gasteiger partial charge on any atom is 0.251 e. The Bertz CT molecular complexity index is 1760. The fraction of sp³-hybridized carbons (Fsp3) is 0.486. The average molecular weight is 641 g/mol. The third-order valence-corrected chi connectivity index (χ3v) is 11.1. The van der Waals surface area contributed by atoms with Gasteiger partial charge < -0.3 is 15.3 Å². The van der Waals surface area contributed by atoms with Crippen LogP contribution >= 0.6 is 0 Å². The van der Waals surface area contributed by atoms with Crippen LogP contribution in [0.2, 0.25) is 0 Å². The molecule has 1 spiro atoms. The molecule has 246 valence electrons. The van der Waals surface area contributed by atoms with E-state index in [4.69, 9.17) is 0 Å². The van der Waals surface area contributed by atoms with Crippen LogP contribution in [0, 0.1) is 23.1 Å². The summed E-state index contributed by atoms with van der Waals surface area (Å²) in [5.41, 5.74) is 3.36. The number of amides is 1. The van der Waals surface area contributed by atoms with E-state index in [1.807, 2.05) is 38.1 Å². The van der Waals surface area contributed by atoms with Crippen LogP contribution in [-0.2, 0) is 12.8 Å². The molecule has 1 aliphatic heterocycles. The summed E-state index contributed by atoms with van der Waals surface area (Å²) in [6.07, 6.45) is 10.1. The van der Waals surface area contributed by atoms with Crippen LogP contribution in [-0.4, -0.2) is 68.0 Å². The van der Waals surface area contributed by atoms with Gasteiger partial charge in [0.1, 0.15) is 17.0 Å². The molecule has 2 N–H and O–H groups in total. The zero-order chi connectivity index (χ0) is 32.8. The van der Waals surface area contributed by atoms with Crippen molar-refractivity contribution >= 4 is 16.8 Å². The molecule has 8 nitrogen and oxygen atoms in total. The zero-order valence-corrected chi connectivity index (χ0v) is 27.1. The van der Waals surface area contributed by atoms with E-state index in [-0.39, 0.29) is 42.0 Å². The number of hydrogen-bond acceptors (Lipinski definition) is 7. The van der Waals surface area contributed by atoms with Gasteiger partial charge in [-0.2, -0.15) is 10.2 Å². The number of nitrogens with one attached hydrogen (secondary N) is 1. The molecule has 0 bridgehead atoms. The Kier molecular flexibility index (Phi) is 8.51. The first-order valence-corrected chi connectivity index (χ1v) is 16.8.